The largest absolute Gasteiger partial charge is 0.319 e. The molecule has 1 rings (SSSR count). The first-order valence-electron chi connectivity index (χ1n) is 5.52. The second-order valence-electron chi connectivity index (χ2n) is 5.22. The van der Waals surface area contributed by atoms with Crippen LogP contribution in [0.1, 0.15) is 20.8 Å². The van der Waals surface area contributed by atoms with Crippen LogP contribution in [0.15, 0.2) is 24.3 Å². The summed E-state index contributed by atoms with van der Waals surface area (Å²) < 4.78 is 12.8. The van der Waals surface area contributed by atoms with Gasteiger partial charge in [-0.3, -0.25) is 4.79 Å². The Bertz CT molecular complexity index is 395. The fourth-order valence-corrected chi connectivity index (χ4v) is 1.37. The molecule has 1 aromatic carbocycles. The van der Waals surface area contributed by atoms with Gasteiger partial charge in [0.05, 0.1) is 6.04 Å². The molecule has 0 aromatic heterocycles. The molecule has 0 fully saturated rings. The van der Waals surface area contributed by atoms with Crippen LogP contribution in [0.2, 0.25) is 0 Å². The van der Waals surface area contributed by atoms with E-state index in [-0.39, 0.29) is 17.1 Å². The number of benzene rings is 1. The van der Waals surface area contributed by atoms with Crippen molar-refractivity contribution in [2.24, 2.45) is 11.1 Å². The summed E-state index contributed by atoms with van der Waals surface area (Å²) in [5.41, 5.74) is 6.23. The van der Waals surface area contributed by atoms with Gasteiger partial charge in [-0.1, -0.05) is 20.8 Å². The molecule has 1 aromatic rings. The Hall–Kier alpha value is -1.42. The maximum atomic E-state index is 12.8. The van der Waals surface area contributed by atoms with Crippen LogP contribution < -0.4 is 10.6 Å². The molecule has 1 unspecified atom stereocenters. The number of anilines is 1. The van der Waals surface area contributed by atoms with Gasteiger partial charge in [-0.15, -0.1) is 0 Å². The van der Waals surface area contributed by atoms with Gasteiger partial charge in [0.1, 0.15) is 5.82 Å². The third kappa shape index (κ3) is 3.27. The zero-order valence-corrected chi connectivity index (χ0v) is 10.7. The Morgan fingerprint density at radius 1 is 1.29 bits per heavy atom. The lowest BCUT2D eigenvalue weighted by Crippen LogP contribution is -2.49. The normalized spacial score (nSPS) is 13.3. The average Bonchev–Trinajstić information content (AvgIpc) is 2.26. The Morgan fingerprint density at radius 2 is 1.76 bits per heavy atom. The van der Waals surface area contributed by atoms with E-state index in [1.807, 2.05) is 20.8 Å². The summed E-state index contributed by atoms with van der Waals surface area (Å²) in [5.74, 6) is -0.501. The van der Waals surface area contributed by atoms with Crippen molar-refractivity contribution >= 4 is 11.6 Å². The van der Waals surface area contributed by atoms with E-state index in [2.05, 4.69) is 0 Å². The van der Waals surface area contributed by atoms with Crippen LogP contribution in [-0.4, -0.2) is 19.0 Å². The van der Waals surface area contributed by atoms with E-state index in [0.717, 1.165) is 0 Å². The van der Waals surface area contributed by atoms with Gasteiger partial charge in [0, 0.05) is 12.7 Å². The molecule has 0 aliphatic carbocycles. The Kier molecular flexibility index (Phi) is 3.88. The van der Waals surface area contributed by atoms with Crippen LogP contribution in [-0.2, 0) is 4.79 Å². The average molecular weight is 238 g/mol. The molecule has 0 heterocycles. The molecule has 0 spiro atoms. The predicted molar refractivity (Wildman–Crippen MR) is 67.2 cm³/mol. The molecule has 0 saturated carbocycles. The van der Waals surface area contributed by atoms with Gasteiger partial charge < -0.3 is 10.6 Å². The lowest BCUT2D eigenvalue weighted by Gasteiger charge is -2.30. The number of amides is 1. The highest BCUT2D eigenvalue weighted by Gasteiger charge is 2.30. The van der Waals surface area contributed by atoms with Crippen LogP contribution in [0.5, 0.6) is 0 Å². The summed E-state index contributed by atoms with van der Waals surface area (Å²) in [7, 11) is 1.64. The number of rotatable bonds is 2. The molecule has 1 amide bonds. The third-order valence-electron chi connectivity index (χ3n) is 2.74. The quantitative estimate of drug-likeness (QED) is 0.858. The summed E-state index contributed by atoms with van der Waals surface area (Å²) in [6, 6.07) is 5.17. The minimum Gasteiger partial charge on any atom is -0.319 e. The highest BCUT2D eigenvalue weighted by molar-refractivity contribution is 5.97. The number of carbonyl (C=O) groups excluding carboxylic acids is 1. The van der Waals surface area contributed by atoms with Crippen LogP contribution >= 0.6 is 0 Å². The standard InChI is InChI=1S/C13H19FN2O/c1-13(2,3)11(15)12(17)16(4)10-7-5-9(14)6-8-10/h5-8,11H,15H2,1-4H3. The Labute approximate surface area is 101 Å². The van der Waals surface area contributed by atoms with Gasteiger partial charge in [0.15, 0.2) is 0 Å². The van der Waals surface area contributed by atoms with Crippen LogP contribution in [0, 0.1) is 11.2 Å². The first-order valence-corrected chi connectivity index (χ1v) is 5.52. The van der Waals surface area contributed by atoms with Crippen molar-refractivity contribution in [3.8, 4) is 0 Å². The topological polar surface area (TPSA) is 46.3 Å². The van der Waals surface area contributed by atoms with E-state index in [0.29, 0.717) is 5.69 Å². The Balaban J connectivity index is 2.87. The van der Waals surface area contributed by atoms with Gasteiger partial charge >= 0.3 is 0 Å². The van der Waals surface area contributed by atoms with E-state index in [1.165, 1.54) is 17.0 Å². The zero-order valence-electron chi connectivity index (χ0n) is 10.7. The molecule has 0 aliphatic heterocycles. The number of halogens is 1. The van der Waals surface area contributed by atoms with Crippen LogP contribution in [0.3, 0.4) is 0 Å². The summed E-state index contributed by atoms with van der Waals surface area (Å²) in [6.07, 6.45) is 0. The van der Waals surface area contributed by atoms with Gasteiger partial charge in [-0.05, 0) is 29.7 Å². The minimum absolute atomic E-state index is 0.177. The molecule has 0 aliphatic rings. The van der Waals surface area contributed by atoms with E-state index in [9.17, 15) is 9.18 Å². The van der Waals surface area contributed by atoms with Gasteiger partial charge in [-0.2, -0.15) is 0 Å². The van der Waals surface area contributed by atoms with E-state index in [4.69, 9.17) is 5.73 Å². The molecule has 0 bridgehead atoms. The first-order chi connectivity index (χ1) is 7.73. The molecular weight excluding hydrogens is 219 g/mol. The van der Waals surface area contributed by atoms with Crippen LogP contribution in [0.4, 0.5) is 10.1 Å². The number of hydrogen-bond donors (Lipinski definition) is 1. The monoisotopic (exact) mass is 238 g/mol. The van der Waals surface area contributed by atoms with E-state index < -0.39 is 6.04 Å². The zero-order chi connectivity index (χ0) is 13.2. The van der Waals surface area contributed by atoms with Crippen molar-refractivity contribution in [3.63, 3.8) is 0 Å². The minimum atomic E-state index is -0.586. The van der Waals surface area contributed by atoms with E-state index in [1.54, 1.807) is 19.2 Å². The number of nitrogens with two attached hydrogens (primary N) is 1. The molecule has 1 atom stereocenters. The van der Waals surface area contributed by atoms with Gasteiger partial charge in [-0.25, -0.2) is 4.39 Å². The maximum absolute atomic E-state index is 12.8. The molecule has 4 heteroatoms. The van der Waals surface area contributed by atoms with Gasteiger partial charge in [0.2, 0.25) is 5.91 Å². The molecule has 3 nitrogen and oxygen atoms in total. The van der Waals surface area contributed by atoms with Gasteiger partial charge in [0.25, 0.3) is 0 Å². The molecule has 2 N–H and O–H groups in total. The van der Waals surface area contributed by atoms with Crippen molar-refractivity contribution in [2.75, 3.05) is 11.9 Å². The third-order valence-corrected chi connectivity index (χ3v) is 2.74. The molecule has 0 saturated heterocycles. The fourth-order valence-electron chi connectivity index (χ4n) is 1.37. The van der Waals surface area contributed by atoms with Crippen molar-refractivity contribution in [1.82, 2.24) is 0 Å². The number of carbonyl (C=O) groups is 1. The number of hydrogen-bond acceptors (Lipinski definition) is 2. The summed E-state index contributed by atoms with van der Waals surface area (Å²) in [5, 5.41) is 0. The number of likely N-dealkylation sites (N-methyl/N-ethyl adjacent to an activating group) is 1. The second kappa shape index (κ2) is 4.84. The molecule has 17 heavy (non-hydrogen) atoms. The van der Waals surface area contributed by atoms with Crippen molar-refractivity contribution in [1.29, 1.82) is 0 Å². The summed E-state index contributed by atoms with van der Waals surface area (Å²) in [4.78, 5) is 13.5. The lowest BCUT2D eigenvalue weighted by atomic mass is 9.86. The molecule has 94 valence electrons. The Morgan fingerprint density at radius 3 is 2.18 bits per heavy atom. The number of nitrogens with zero attached hydrogens (tertiary/aromatic N) is 1. The maximum Gasteiger partial charge on any atom is 0.244 e. The highest BCUT2D eigenvalue weighted by Crippen LogP contribution is 2.21. The molecular formula is C13H19FN2O. The van der Waals surface area contributed by atoms with Crippen molar-refractivity contribution in [2.45, 2.75) is 26.8 Å². The highest BCUT2D eigenvalue weighted by atomic mass is 19.1. The fraction of sp³-hybridized carbons (Fsp3) is 0.462. The van der Waals surface area contributed by atoms with Crippen molar-refractivity contribution in [3.05, 3.63) is 30.1 Å². The smallest absolute Gasteiger partial charge is 0.244 e. The van der Waals surface area contributed by atoms with Crippen LogP contribution in [0.25, 0.3) is 0 Å². The summed E-state index contributed by atoms with van der Waals surface area (Å²) >= 11 is 0. The lowest BCUT2D eigenvalue weighted by molar-refractivity contribution is -0.121. The van der Waals surface area contributed by atoms with Crippen molar-refractivity contribution < 1.29 is 9.18 Å². The summed E-state index contributed by atoms with van der Waals surface area (Å²) in [6.45, 7) is 5.73. The predicted octanol–water partition coefficient (Wildman–Crippen LogP) is 2.16. The molecule has 0 radical (unpaired) electrons. The SMILES string of the molecule is CN(C(=O)C(N)C(C)(C)C)c1ccc(F)cc1. The van der Waals surface area contributed by atoms with E-state index >= 15 is 0 Å². The second-order valence-corrected chi connectivity index (χ2v) is 5.22. The first kappa shape index (κ1) is 13.6.